The highest BCUT2D eigenvalue weighted by atomic mass is 35.5. The normalized spacial score (nSPS) is 11.4. The molecule has 0 radical (unpaired) electrons. The van der Waals surface area contributed by atoms with Gasteiger partial charge in [-0.05, 0) is 30.3 Å². The summed E-state index contributed by atoms with van der Waals surface area (Å²) in [5, 5.41) is 0.541. The van der Waals surface area contributed by atoms with Crippen LogP contribution in [0.5, 0.6) is 23.3 Å². The number of hydrogen-bond donors (Lipinski definition) is 1. The number of halogens is 6. The third-order valence-electron chi connectivity index (χ3n) is 3.37. The molecule has 11 heteroatoms. The number of nitrogens with zero attached hydrogens (tertiary/aromatic N) is 2. The Balaban J connectivity index is 1.88. The zero-order valence-electron chi connectivity index (χ0n) is 13.6. The van der Waals surface area contributed by atoms with Gasteiger partial charge in [0, 0.05) is 6.07 Å². The summed E-state index contributed by atoms with van der Waals surface area (Å²) in [7, 11) is 0. The molecule has 0 saturated heterocycles. The topological polar surface area (TPSA) is 70.3 Å². The highest BCUT2D eigenvalue weighted by Crippen LogP contribution is 2.37. The fourth-order valence-electron chi connectivity index (χ4n) is 2.08. The minimum atomic E-state index is -4.89. The van der Waals surface area contributed by atoms with Gasteiger partial charge in [0.05, 0.1) is 15.6 Å². The highest BCUT2D eigenvalue weighted by Gasteiger charge is 2.34. The molecule has 0 aliphatic heterocycles. The number of rotatable bonds is 4. The van der Waals surface area contributed by atoms with Crippen LogP contribution in [0.4, 0.5) is 23.2 Å². The van der Waals surface area contributed by atoms with Crippen LogP contribution in [0.2, 0.25) is 10.0 Å². The van der Waals surface area contributed by atoms with Crippen LogP contribution in [0, 0.1) is 5.82 Å². The van der Waals surface area contributed by atoms with Crippen molar-refractivity contribution in [3.8, 4) is 23.3 Å². The van der Waals surface area contributed by atoms with Gasteiger partial charge in [-0.2, -0.15) is 23.1 Å². The largest absolute Gasteiger partial charge is 0.437 e. The molecule has 0 aliphatic rings. The molecule has 0 atom stereocenters. The predicted octanol–water partition coefficient (Wildman–Crippen LogP) is 6.11. The lowest BCUT2D eigenvalue weighted by Crippen LogP contribution is -2.08. The number of nitrogen functional groups attached to an aromatic ring is 1. The first-order valence-corrected chi connectivity index (χ1v) is 8.18. The maximum Gasteiger partial charge on any atom is 0.419 e. The van der Waals surface area contributed by atoms with E-state index in [9.17, 15) is 17.6 Å². The summed E-state index contributed by atoms with van der Waals surface area (Å²) in [6.07, 6.45) is -3.85. The molecule has 3 aromatic rings. The van der Waals surface area contributed by atoms with Gasteiger partial charge in [-0.1, -0.05) is 23.2 Å². The highest BCUT2D eigenvalue weighted by molar-refractivity contribution is 6.42. The Morgan fingerprint density at radius 2 is 1.43 bits per heavy atom. The summed E-state index contributed by atoms with van der Waals surface area (Å²) in [6, 6.07) is 6.54. The minimum absolute atomic E-state index is 0.124. The standard InChI is InChI=1S/C17H9Cl2F4N3O2/c18-11-3-1-9(6-12(11)19)28-16-14(24)15(25-7-26-16)27-8-2-4-13(20)10(5-8)17(21,22)23/h1-7H,24H2. The van der Waals surface area contributed by atoms with Crippen molar-refractivity contribution in [2.45, 2.75) is 6.18 Å². The van der Waals surface area contributed by atoms with Gasteiger partial charge in [0.25, 0.3) is 0 Å². The number of hydrogen-bond acceptors (Lipinski definition) is 5. The van der Waals surface area contributed by atoms with Crippen molar-refractivity contribution in [2.75, 3.05) is 5.73 Å². The van der Waals surface area contributed by atoms with E-state index in [1.54, 1.807) is 0 Å². The number of alkyl halides is 3. The van der Waals surface area contributed by atoms with E-state index in [1.165, 1.54) is 18.2 Å². The van der Waals surface area contributed by atoms with Crippen LogP contribution < -0.4 is 15.2 Å². The molecule has 0 unspecified atom stereocenters. The average molecular weight is 434 g/mol. The molecule has 0 bridgehead atoms. The Labute approximate surface area is 165 Å². The molecule has 2 N–H and O–H groups in total. The number of benzene rings is 2. The zero-order valence-corrected chi connectivity index (χ0v) is 15.1. The molecular formula is C17H9Cl2F4N3O2. The third-order valence-corrected chi connectivity index (χ3v) is 4.11. The summed E-state index contributed by atoms with van der Waals surface area (Å²) in [4.78, 5) is 7.61. The Bertz CT molecular complexity index is 1030. The fourth-order valence-corrected chi connectivity index (χ4v) is 2.36. The molecule has 0 amide bonds. The number of anilines is 1. The minimum Gasteiger partial charge on any atom is -0.437 e. The number of ether oxygens (including phenoxy) is 2. The van der Waals surface area contributed by atoms with Gasteiger partial charge >= 0.3 is 6.18 Å². The third kappa shape index (κ3) is 4.37. The van der Waals surface area contributed by atoms with Crippen molar-refractivity contribution in [3.63, 3.8) is 0 Å². The van der Waals surface area contributed by atoms with Gasteiger partial charge in [0.1, 0.15) is 23.6 Å². The Morgan fingerprint density at radius 1 is 0.857 bits per heavy atom. The van der Waals surface area contributed by atoms with Crippen LogP contribution in [0.1, 0.15) is 5.56 Å². The van der Waals surface area contributed by atoms with E-state index < -0.39 is 17.6 Å². The van der Waals surface area contributed by atoms with Gasteiger partial charge in [-0.25, -0.2) is 4.39 Å². The van der Waals surface area contributed by atoms with Crippen molar-refractivity contribution in [3.05, 3.63) is 64.2 Å². The van der Waals surface area contributed by atoms with Gasteiger partial charge in [-0.3, -0.25) is 0 Å². The Kier molecular flexibility index (Phi) is 5.48. The molecule has 0 saturated carbocycles. The maximum absolute atomic E-state index is 13.4. The number of aromatic nitrogens is 2. The molecule has 5 nitrogen and oxygen atoms in total. The Hall–Kier alpha value is -2.78. The lowest BCUT2D eigenvalue weighted by Gasteiger charge is -2.13. The van der Waals surface area contributed by atoms with E-state index >= 15 is 0 Å². The summed E-state index contributed by atoms with van der Waals surface area (Å²) >= 11 is 11.7. The first-order valence-electron chi connectivity index (χ1n) is 7.43. The lowest BCUT2D eigenvalue weighted by molar-refractivity contribution is -0.140. The van der Waals surface area contributed by atoms with Crippen molar-refractivity contribution in [1.82, 2.24) is 9.97 Å². The van der Waals surface area contributed by atoms with Crippen molar-refractivity contribution in [1.29, 1.82) is 0 Å². The zero-order chi connectivity index (χ0) is 20.5. The first-order chi connectivity index (χ1) is 13.1. The monoisotopic (exact) mass is 433 g/mol. The van der Waals surface area contributed by atoms with E-state index in [1.807, 2.05) is 0 Å². The van der Waals surface area contributed by atoms with E-state index in [0.717, 1.165) is 12.4 Å². The van der Waals surface area contributed by atoms with Crippen LogP contribution >= 0.6 is 23.2 Å². The second-order valence-corrected chi connectivity index (χ2v) is 6.13. The molecule has 0 aliphatic carbocycles. The Morgan fingerprint density at radius 3 is 2.00 bits per heavy atom. The molecule has 1 heterocycles. The molecule has 0 fully saturated rings. The predicted molar refractivity (Wildman–Crippen MR) is 94.5 cm³/mol. The maximum atomic E-state index is 13.4. The summed E-state index contributed by atoms with van der Waals surface area (Å²) in [5.74, 6) is -1.89. The lowest BCUT2D eigenvalue weighted by atomic mass is 10.2. The molecule has 0 spiro atoms. The summed E-state index contributed by atoms with van der Waals surface area (Å²) < 4.78 is 62.6. The molecule has 146 valence electrons. The molecule has 2 aromatic carbocycles. The van der Waals surface area contributed by atoms with Gasteiger partial charge in [0.2, 0.25) is 11.8 Å². The SMILES string of the molecule is Nc1c(Oc2ccc(Cl)c(Cl)c2)ncnc1Oc1ccc(F)c(C(F)(F)F)c1. The van der Waals surface area contributed by atoms with E-state index in [0.29, 0.717) is 17.2 Å². The molecule has 28 heavy (non-hydrogen) atoms. The van der Waals surface area contributed by atoms with Crippen LogP contribution in [0.15, 0.2) is 42.7 Å². The van der Waals surface area contributed by atoms with Crippen LogP contribution in [-0.2, 0) is 6.18 Å². The van der Waals surface area contributed by atoms with Crippen molar-refractivity contribution >= 4 is 28.9 Å². The van der Waals surface area contributed by atoms with Crippen molar-refractivity contribution < 1.29 is 27.0 Å². The second kappa shape index (κ2) is 7.69. The average Bonchev–Trinajstić information content (AvgIpc) is 2.62. The van der Waals surface area contributed by atoms with Gasteiger partial charge < -0.3 is 15.2 Å². The van der Waals surface area contributed by atoms with E-state index in [-0.39, 0.29) is 34.0 Å². The van der Waals surface area contributed by atoms with E-state index in [2.05, 4.69) is 9.97 Å². The molecular weight excluding hydrogens is 425 g/mol. The van der Waals surface area contributed by atoms with E-state index in [4.69, 9.17) is 38.4 Å². The molecule has 1 aromatic heterocycles. The fraction of sp³-hybridized carbons (Fsp3) is 0.0588. The molecule has 3 rings (SSSR count). The smallest absolute Gasteiger partial charge is 0.419 e. The first kappa shape index (κ1) is 20.0. The van der Waals surface area contributed by atoms with Gasteiger partial charge in [0.15, 0.2) is 5.69 Å². The van der Waals surface area contributed by atoms with Gasteiger partial charge in [-0.15, -0.1) is 0 Å². The van der Waals surface area contributed by atoms with Crippen LogP contribution in [0.25, 0.3) is 0 Å². The number of nitrogens with two attached hydrogens (primary N) is 1. The quantitative estimate of drug-likeness (QED) is 0.502. The van der Waals surface area contributed by atoms with Crippen LogP contribution in [-0.4, -0.2) is 9.97 Å². The van der Waals surface area contributed by atoms with Crippen molar-refractivity contribution in [2.24, 2.45) is 0 Å². The second-order valence-electron chi connectivity index (χ2n) is 5.32. The summed E-state index contributed by atoms with van der Waals surface area (Å²) in [5.41, 5.74) is 4.20. The van der Waals surface area contributed by atoms with Crippen LogP contribution in [0.3, 0.4) is 0 Å². The summed E-state index contributed by atoms with van der Waals surface area (Å²) in [6.45, 7) is 0.